The van der Waals surface area contributed by atoms with Gasteiger partial charge in [0, 0.05) is 19.3 Å². The number of aliphatic hydroxyl groups excluding tert-OH is 2. The topological polar surface area (TPSA) is 231 Å². The Balaban J connectivity index is 4.60. The first-order valence-electron chi connectivity index (χ1n) is 35.8. The van der Waals surface area contributed by atoms with E-state index in [-0.39, 0.29) is 19.3 Å². The maximum Gasteiger partial charge on any atom is 0.472 e. The van der Waals surface area contributed by atoms with Crippen LogP contribution < -0.4 is 0 Å². The number of carbonyl (C=O) groups is 3. The first-order chi connectivity index (χ1) is 46.2. The van der Waals surface area contributed by atoms with E-state index in [1.807, 2.05) is 0 Å². The number of allylic oxidation sites excluding steroid dienone is 26. The number of carbonyl (C=O) groups excluding carboxylic acids is 3. The van der Waals surface area contributed by atoms with Crippen molar-refractivity contribution in [3.63, 3.8) is 0 Å². The summed E-state index contributed by atoms with van der Waals surface area (Å²) in [7, 11) is -9.80. The van der Waals surface area contributed by atoms with Gasteiger partial charge in [0.25, 0.3) is 0 Å². The SMILES string of the molecule is CC/C=C\C/C=C\C/C=C\C/C=C\C/C=C\C/C=C\CCCCCCCCC(=O)OCC(O)COP(=O)(O)OCC(O)COP(=O)(O)OCC(COC(=O)CCCCCC/C=C\C/C=C\C/C=C\C/C=C\C/C=C\C/C=C\CC)OC(=O)CCCCCCC/C=C\CCCC. The normalized spacial score (nSPS) is 15.1. The lowest BCUT2D eigenvalue weighted by Crippen LogP contribution is -2.30. The molecule has 0 aliphatic heterocycles. The second-order valence-electron chi connectivity index (χ2n) is 23.3. The molecule has 16 nitrogen and oxygen atoms in total. The number of phosphoric acid groups is 2. The summed E-state index contributed by atoms with van der Waals surface area (Å²) < 4.78 is 60.9. The van der Waals surface area contributed by atoms with E-state index in [9.17, 15) is 43.5 Å². The molecule has 0 heterocycles. The molecule has 0 aromatic rings. The van der Waals surface area contributed by atoms with Crippen LogP contribution in [0.25, 0.3) is 0 Å². The molecule has 0 saturated carbocycles. The fourth-order valence-electron chi connectivity index (χ4n) is 8.79. The van der Waals surface area contributed by atoms with Gasteiger partial charge in [0.15, 0.2) is 6.10 Å². The zero-order valence-electron chi connectivity index (χ0n) is 58.5. The molecule has 0 rings (SSSR count). The Morgan fingerprint density at radius 3 is 0.895 bits per heavy atom. The van der Waals surface area contributed by atoms with Crippen molar-refractivity contribution in [2.45, 2.75) is 270 Å². The van der Waals surface area contributed by atoms with Gasteiger partial charge in [-0.1, -0.05) is 249 Å². The molecule has 0 bridgehead atoms. The predicted octanol–water partition coefficient (Wildman–Crippen LogP) is 20.3. The van der Waals surface area contributed by atoms with E-state index in [0.717, 1.165) is 180 Å². The summed E-state index contributed by atoms with van der Waals surface area (Å²) in [6.07, 6.45) is 84.4. The second-order valence-corrected chi connectivity index (χ2v) is 26.2. The number of aliphatic hydroxyl groups is 2. The minimum atomic E-state index is -4.94. The third-order valence-corrected chi connectivity index (χ3v) is 16.1. The summed E-state index contributed by atoms with van der Waals surface area (Å²) in [4.78, 5) is 58.4. The molecule has 5 unspecified atom stereocenters. The van der Waals surface area contributed by atoms with Crippen molar-refractivity contribution >= 4 is 33.6 Å². The molecule has 18 heteroatoms. The van der Waals surface area contributed by atoms with Gasteiger partial charge in [0.05, 0.1) is 26.4 Å². The van der Waals surface area contributed by atoms with Gasteiger partial charge in [-0.3, -0.25) is 32.5 Å². The van der Waals surface area contributed by atoms with Gasteiger partial charge < -0.3 is 34.2 Å². The van der Waals surface area contributed by atoms with Crippen molar-refractivity contribution < 1.29 is 75.8 Å². The third-order valence-electron chi connectivity index (χ3n) is 14.2. The Kier molecular flexibility index (Phi) is 65.6. The predicted molar refractivity (Wildman–Crippen MR) is 389 cm³/mol. The molecule has 0 aromatic heterocycles. The molecule has 4 N–H and O–H groups in total. The fraction of sp³-hybridized carbons (Fsp3) is 0.623. The lowest BCUT2D eigenvalue weighted by atomic mass is 10.1. The molecular formula is C77H126O16P2. The Labute approximate surface area is 574 Å². The molecular weight excluding hydrogens is 1240 g/mol. The molecule has 540 valence electrons. The Morgan fingerprint density at radius 1 is 0.305 bits per heavy atom. The molecule has 0 radical (unpaired) electrons. The average molecular weight is 1370 g/mol. The van der Waals surface area contributed by atoms with E-state index >= 15 is 0 Å². The maximum absolute atomic E-state index is 12.9. The number of ether oxygens (including phenoxy) is 3. The van der Waals surface area contributed by atoms with Crippen LogP contribution in [-0.4, -0.2) is 95.9 Å². The highest BCUT2D eigenvalue weighted by Crippen LogP contribution is 2.45. The molecule has 0 aromatic carbocycles. The summed E-state index contributed by atoms with van der Waals surface area (Å²) in [5.41, 5.74) is 0. The Bertz CT molecular complexity index is 2360. The molecule has 0 amide bonds. The van der Waals surface area contributed by atoms with E-state index in [2.05, 4.69) is 179 Å². The van der Waals surface area contributed by atoms with Crippen molar-refractivity contribution in [3.05, 3.63) is 158 Å². The lowest BCUT2D eigenvalue weighted by Gasteiger charge is -2.21. The van der Waals surface area contributed by atoms with Crippen LogP contribution in [-0.2, 0) is 55.8 Å². The van der Waals surface area contributed by atoms with Crippen LogP contribution in [0, 0.1) is 0 Å². The molecule has 0 spiro atoms. The van der Waals surface area contributed by atoms with Crippen molar-refractivity contribution in [2.75, 3.05) is 39.6 Å². The van der Waals surface area contributed by atoms with E-state index in [0.29, 0.717) is 19.3 Å². The Morgan fingerprint density at radius 2 is 0.558 bits per heavy atom. The summed E-state index contributed by atoms with van der Waals surface area (Å²) in [6.45, 7) is 2.31. The smallest absolute Gasteiger partial charge is 0.463 e. The standard InChI is InChI=1S/C77H126O16P2/c1-4-7-10-13-16-19-22-24-26-28-30-32-34-35-37-39-40-42-44-46-49-51-54-57-60-63-75(80)87-66-72(78)67-89-94(83,84)90-68-73(79)69-91-95(85,86)92-71-74(93-77(82)65-62-59-56-53-48-21-18-15-12-9-6-3)70-88-76(81)64-61-58-55-52-50-47-45-43-41-38-36-33-31-29-27-25-23-20-17-14-11-8-5-2/h7-8,10-11,15-20,24-27,30-33,35,37-38,40-42,45,47,72-74,78-79H,4-6,9,12-14,21-23,28-29,34,36,39,43-44,46,48-71H2,1-3H3,(H,83,84)(H,85,86)/b10-7-,11-8-,18-15-,19-16-,20-17-,26-24-,27-25-,32-30-,33-31-,37-35-,41-38-,42-40-,47-45-. The van der Waals surface area contributed by atoms with Crippen molar-refractivity contribution in [3.8, 4) is 0 Å². The van der Waals surface area contributed by atoms with Gasteiger partial charge >= 0.3 is 33.6 Å². The van der Waals surface area contributed by atoms with Crippen molar-refractivity contribution in [1.82, 2.24) is 0 Å². The van der Waals surface area contributed by atoms with E-state index in [4.69, 9.17) is 32.3 Å². The largest absolute Gasteiger partial charge is 0.472 e. The highest BCUT2D eigenvalue weighted by Gasteiger charge is 2.29. The Hall–Kier alpha value is -4.83. The number of esters is 3. The maximum atomic E-state index is 12.9. The van der Waals surface area contributed by atoms with Crippen LogP contribution in [0.1, 0.15) is 252 Å². The van der Waals surface area contributed by atoms with Crippen LogP contribution in [0.5, 0.6) is 0 Å². The zero-order chi connectivity index (χ0) is 69.5. The quantitative estimate of drug-likeness (QED) is 0.0146. The summed E-state index contributed by atoms with van der Waals surface area (Å²) in [5, 5.41) is 20.6. The van der Waals surface area contributed by atoms with Crippen LogP contribution in [0.2, 0.25) is 0 Å². The van der Waals surface area contributed by atoms with E-state index in [1.54, 1.807) is 0 Å². The van der Waals surface area contributed by atoms with Crippen LogP contribution in [0.3, 0.4) is 0 Å². The number of hydrogen-bond donors (Lipinski definition) is 4. The highest BCUT2D eigenvalue weighted by molar-refractivity contribution is 7.47. The van der Waals surface area contributed by atoms with Crippen LogP contribution in [0.15, 0.2) is 158 Å². The summed E-state index contributed by atoms with van der Waals surface area (Å²) in [6, 6.07) is 0. The summed E-state index contributed by atoms with van der Waals surface area (Å²) >= 11 is 0. The number of rotatable bonds is 66. The first kappa shape index (κ1) is 90.2. The lowest BCUT2D eigenvalue weighted by molar-refractivity contribution is -0.161. The minimum Gasteiger partial charge on any atom is -0.463 e. The van der Waals surface area contributed by atoms with E-state index in [1.165, 1.54) is 12.8 Å². The van der Waals surface area contributed by atoms with Crippen molar-refractivity contribution in [2.24, 2.45) is 0 Å². The monoisotopic (exact) mass is 1370 g/mol. The molecule has 0 aliphatic rings. The van der Waals surface area contributed by atoms with Gasteiger partial charge in [-0.15, -0.1) is 0 Å². The average Bonchev–Trinajstić information content (AvgIpc) is 3.35. The van der Waals surface area contributed by atoms with Gasteiger partial charge in [0.2, 0.25) is 0 Å². The summed E-state index contributed by atoms with van der Waals surface area (Å²) in [5.74, 6) is -1.64. The number of phosphoric ester groups is 2. The van der Waals surface area contributed by atoms with Crippen molar-refractivity contribution in [1.29, 1.82) is 0 Å². The van der Waals surface area contributed by atoms with Crippen LogP contribution >= 0.6 is 15.6 Å². The van der Waals surface area contributed by atoms with E-state index < -0.39 is 91.5 Å². The van der Waals surface area contributed by atoms with Gasteiger partial charge in [0.1, 0.15) is 25.4 Å². The number of hydrogen-bond acceptors (Lipinski definition) is 14. The fourth-order valence-corrected chi connectivity index (χ4v) is 10.4. The molecule has 0 saturated heterocycles. The molecule has 95 heavy (non-hydrogen) atoms. The van der Waals surface area contributed by atoms with Gasteiger partial charge in [-0.2, -0.15) is 0 Å². The van der Waals surface area contributed by atoms with Crippen LogP contribution in [0.4, 0.5) is 0 Å². The minimum absolute atomic E-state index is 0.0824. The molecule has 0 fully saturated rings. The zero-order valence-corrected chi connectivity index (χ0v) is 60.3. The second kappa shape index (κ2) is 69.1. The third kappa shape index (κ3) is 70.3. The molecule has 0 aliphatic carbocycles. The highest BCUT2D eigenvalue weighted by atomic mass is 31.2. The first-order valence-corrected chi connectivity index (χ1v) is 38.8. The van der Waals surface area contributed by atoms with Gasteiger partial charge in [-0.05, 0) is 141 Å². The molecule has 5 atom stereocenters. The number of unbranched alkanes of at least 4 members (excludes halogenated alkanes) is 17. The van der Waals surface area contributed by atoms with Gasteiger partial charge in [-0.25, -0.2) is 9.13 Å².